The first-order valence-corrected chi connectivity index (χ1v) is 8.39. The van der Waals surface area contributed by atoms with Crippen molar-refractivity contribution in [3.8, 4) is 0 Å². The van der Waals surface area contributed by atoms with Crippen molar-refractivity contribution in [3.05, 3.63) is 45.4 Å². The van der Waals surface area contributed by atoms with Crippen molar-refractivity contribution in [2.75, 3.05) is 5.32 Å². The Bertz CT molecular complexity index is 655. The van der Waals surface area contributed by atoms with Crippen LogP contribution in [0.5, 0.6) is 0 Å². The standard InChI is InChI=1S/C16H20ClN3OS/c1-10(18)6-7-15(21)20-16-19-11(2)14(22-16)9-12-4-3-5-13(17)8-12/h3-5,8,10H,6-7,9,18H2,1-2H3,(H,19,20,21). The second-order valence-electron chi connectivity index (χ2n) is 5.40. The average Bonchev–Trinajstić information content (AvgIpc) is 2.76. The first kappa shape index (κ1) is 16.9. The maximum Gasteiger partial charge on any atom is 0.226 e. The van der Waals surface area contributed by atoms with Crippen molar-refractivity contribution >= 4 is 34.0 Å². The van der Waals surface area contributed by atoms with Gasteiger partial charge in [0.15, 0.2) is 5.13 Å². The Hall–Kier alpha value is -1.43. The van der Waals surface area contributed by atoms with Gasteiger partial charge in [0, 0.05) is 28.8 Å². The molecule has 3 N–H and O–H groups in total. The molecule has 0 saturated carbocycles. The number of aromatic nitrogens is 1. The zero-order chi connectivity index (χ0) is 16.1. The van der Waals surface area contributed by atoms with Gasteiger partial charge in [-0.25, -0.2) is 4.98 Å². The highest BCUT2D eigenvalue weighted by molar-refractivity contribution is 7.15. The number of nitrogens with zero attached hydrogens (tertiary/aromatic N) is 1. The molecule has 118 valence electrons. The smallest absolute Gasteiger partial charge is 0.226 e. The normalized spacial score (nSPS) is 12.2. The van der Waals surface area contributed by atoms with Gasteiger partial charge < -0.3 is 11.1 Å². The van der Waals surface area contributed by atoms with E-state index in [1.54, 1.807) is 0 Å². The Morgan fingerprint density at radius 3 is 2.95 bits per heavy atom. The number of carbonyl (C=O) groups is 1. The molecule has 1 amide bonds. The number of halogens is 1. The highest BCUT2D eigenvalue weighted by atomic mass is 35.5. The fourth-order valence-corrected chi connectivity index (χ4v) is 3.24. The van der Waals surface area contributed by atoms with Crippen LogP contribution in [-0.2, 0) is 11.2 Å². The van der Waals surface area contributed by atoms with E-state index in [0.29, 0.717) is 18.0 Å². The van der Waals surface area contributed by atoms with Gasteiger partial charge in [-0.1, -0.05) is 23.7 Å². The molecular weight excluding hydrogens is 318 g/mol. The number of anilines is 1. The van der Waals surface area contributed by atoms with Gasteiger partial charge in [0.2, 0.25) is 5.91 Å². The second-order valence-corrected chi connectivity index (χ2v) is 6.92. The van der Waals surface area contributed by atoms with Crippen LogP contribution in [-0.4, -0.2) is 16.9 Å². The van der Waals surface area contributed by atoms with E-state index in [2.05, 4.69) is 10.3 Å². The molecule has 0 saturated heterocycles. The zero-order valence-electron chi connectivity index (χ0n) is 12.7. The molecular formula is C16H20ClN3OS. The van der Waals surface area contributed by atoms with Crippen molar-refractivity contribution in [1.29, 1.82) is 0 Å². The van der Waals surface area contributed by atoms with E-state index in [-0.39, 0.29) is 11.9 Å². The van der Waals surface area contributed by atoms with Crippen LogP contribution >= 0.6 is 22.9 Å². The summed E-state index contributed by atoms with van der Waals surface area (Å²) >= 11 is 7.51. The summed E-state index contributed by atoms with van der Waals surface area (Å²) in [5.41, 5.74) is 7.73. The molecule has 1 unspecified atom stereocenters. The summed E-state index contributed by atoms with van der Waals surface area (Å²) < 4.78 is 0. The van der Waals surface area contributed by atoms with E-state index < -0.39 is 0 Å². The van der Waals surface area contributed by atoms with E-state index in [9.17, 15) is 4.79 Å². The first-order valence-electron chi connectivity index (χ1n) is 7.20. The number of aryl methyl sites for hydroxylation is 1. The highest BCUT2D eigenvalue weighted by Gasteiger charge is 2.11. The molecule has 0 aliphatic carbocycles. The number of carbonyl (C=O) groups excluding carboxylic acids is 1. The number of nitrogens with two attached hydrogens (primary N) is 1. The van der Waals surface area contributed by atoms with Gasteiger partial charge in [0.25, 0.3) is 0 Å². The van der Waals surface area contributed by atoms with Crippen molar-refractivity contribution in [1.82, 2.24) is 4.98 Å². The average molecular weight is 338 g/mol. The van der Waals surface area contributed by atoms with Crippen molar-refractivity contribution < 1.29 is 4.79 Å². The predicted molar refractivity (Wildman–Crippen MR) is 92.6 cm³/mol. The second kappa shape index (κ2) is 7.72. The lowest BCUT2D eigenvalue weighted by Crippen LogP contribution is -2.19. The Balaban J connectivity index is 2.00. The summed E-state index contributed by atoms with van der Waals surface area (Å²) in [5.74, 6) is -0.0413. The molecule has 1 atom stereocenters. The number of benzene rings is 1. The molecule has 1 aromatic carbocycles. The number of hydrogen-bond donors (Lipinski definition) is 2. The number of rotatable bonds is 6. The minimum atomic E-state index is -0.0413. The fourth-order valence-electron chi connectivity index (χ4n) is 2.02. The van der Waals surface area contributed by atoms with E-state index in [1.165, 1.54) is 11.3 Å². The van der Waals surface area contributed by atoms with Gasteiger partial charge in [-0.3, -0.25) is 4.79 Å². The zero-order valence-corrected chi connectivity index (χ0v) is 14.3. The van der Waals surface area contributed by atoms with Crippen LogP contribution in [0.25, 0.3) is 0 Å². The summed E-state index contributed by atoms with van der Waals surface area (Å²) in [6.07, 6.45) is 1.85. The van der Waals surface area contributed by atoms with Crippen LogP contribution in [0.1, 0.15) is 35.9 Å². The van der Waals surface area contributed by atoms with Crippen LogP contribution in [0, 0.1) is 6.92 Å². The lowest BCUT2D eigenvalue weighted by atomic mass is 10.1. The number of thiazole rings is 1. The Morgan fingerprint density at radius 2 is 2.27 bits per heavy atom. The predicted octanol–water partition coefficient (Wildman–Crippen LogP) is 3.76. The first-order chi connectivity index (χ1) is 10.4. The highest BCUT2D eigenvalue weighted by Crippen LogP contribution is 2.26. The monoisotopic (exact) mass is 337 g/mol. The molecule has 0 aliphatic heterocycles. The third-order valence-electron chi connectivity index (χ3n) is 3.22. The summed E-state index contributed by atoms with van der Waals surface area (Å²) in [4.78, 5) is 17.4. The largest absolute Gasteiger partial charge is 0.328 e. The molecule has 1 heterocycles. The van der Waals surface area contributed by atoms with Gasteiger partial charge in [0.05, 0.1) is 5.69 Å². The quantitative estimate of drug-likeness (QED) is 0.843. The van der Waals surface area contributed by atoms with Crippen LogP contribution < -0.4 is 11.1 Å². The fraction of sp³-hybridized carbons (Fsp3) is 0.375. The Morgan fingerprint density at radius 1 is 1.50 bits per heavy atom. The van der Waals surface area contributed by atoms with E-state index in [0.717, 1.165) is 27.6 Å². The molecule has 22 heavy (non-hydrogen) atoms. The summed E-state index contributed by atoms with van der Waals surface area (Å²) in [6.45, 7) is 3.85. The van der Waals surface area contributed by atoms with Gasteiger partial charge in [-0.2, -0.15) is 0 Å². The third-order valence-corrected chi connectivity index (χ3v) is 4.53. The summed E-state index contributed by atoms with van der Waals surface area (Å²) in [5, 5.41) is 4.21. The molecule has 1 aromatic heterocycles. The van der Waals surface area contributed by atoms with Crippen LogP contribution in [0.3, 0.4) is 0 Å². The molecule has 0 fully saturated rings. The topological polar surface area (TPSA) is 68.0 Å². The number of amides is 1. The molecule has 2 aromatic rings. The van der Waals surface area contributed by atoms with Crippen LogP contribution in [0.4, 0.5) is 5.13 Å². The summed E-state index contributed by atoms with van der Waals surface area (Å²) in [6, 6.07) is 7.80. The van der Waals surface area contributed by atoms with Gasteiger partial charge in [-0.05, 0) is 38.0 Å². The maximum absolute atomic E-state index is 11.8. The molecule has 4 nitrogen and oxygen atoms in total. The van der Waals surface area contributed by atoms with Gasteiger partial charge >= 0.3 is 0 Å². The third kappa shape index (κ3) is 5.09. The minimum absolute atomic E-state index is 0.0298. The SMILES string of the molecule is Cc1nc(NC(=O)CCC(C)N)sc1Cc1cccc(Cl)c1. The van der Waals surface area contributed by atoms with Gasteiger partial charge in [-0.15, -0.1) is 11.3 Å². The summed E-state index contributed by atoms with van der Waals surface area (Å²) in [7, 11) is 0. The molecule has 0 aliphatic rings. The molecule has 0 radical (unpaired) electrons. The van der Waals surface area contributed by atoms with Crippen molar-refractivity contribution in [2.45, 2.75) is 39.2 Å². The van der Waals surface area contributed by atoms with Crippen LogP contribution in [0.2, 0.25) is 5.02 Å². The Labute approximate surface area is 139 Å². The van der Waals surface area contributed by atoms with E-state index in [1.807, 2.05) is 38.1 Å². The van der Waals surface area contributed by atoms with Crippen molar-refractivity contribution in [2.24, 2.45) is 5.73 Å². The molecule has 0 bridgehead atoms. The van der Waals surface area contributed by atoms with Gasteiger partial charge in [0.1, 0.15) is 0 Å². The lowest BCUT2D eigenvalue weighted by Gasteiger charge is -2.04. The van der Waals surface area contributed by atoms with E-state index >= 15 is 0 Å². The molecule has 0 spiro atoms. The van der Waals surface area contributed by atoms with Crippen LogP contribution in [0.15, 0.2) is 24.3 Å². The number of nitrogens with one attached hydrogen (secondary N) is 1. The van der Waals surface area contributed by atoms with Crippen molar-refractivity contribution in [3.63, 3.8) is 0 Å². The van der Waals surface area contributed by atoms with E-state index in [4.69, 9.17) is 17.3 Å². The number of hydrogen-bond acceptors (Lipinski definition) is 4. The Kier molecular flexibility index (Phi) is 5.94. The molecule has 2 rings (SSSR count). The maximum atomic E-state index is 11.8. The lowest BCUT2D eigenvalue weighted by molar-refractivity contribution is -0.116. The minimum Gasteiger partial charge on any atom is -0.328 e. The molecule has 6 heteroatoms.